The van der Waals surface area contributed by atoms with Crippen molar-refractivity contribution in [3.63, 3.8) is 0 Å². The summed E-state index contributed by atoms with van der Waals surface area (Å²) in [6, 6.07) is -0.401. The minimum Gasteiger partial charge on any atom is -0.445 e. The number of β-lactam (4-membered cyclic amide) rings is 1. The number of ether oxygens (including phenoxy) is 1. The van der Waals surface area contributed by atoms with E-state index in [1.165, 1.54) is 12.2 Å². The molecule has 174 valence electrons. The molecule has 2 amide bonds. The van der Waals surface area contributed by atoms with Crippen molar-refractivity contribution in [2.24, 2.45) is 11.3 Å². The molecule has 0 bridgehead atoms. The second-order valence-corrected chi connectivity index (χ2v) is 12.2. The van der Waals surface area contributed by atoms with Crippen LogP contribution in [0.2, 0.25) is 13.1 Å². The number of carbonyl (C=O) groups is 3. The second kappa shape index (κ2) is 10.1. The van der Waals surface area contributed by atoms with E-state index < -0.39 is 14.6 Å². The average Bonchev–Trinajstić information content (AvgIpc) is 3.10. The molecule has 0 aromatic rings. The van der Waals surface area contributed by atoms with Crippen LogP contribution in [0.5, 0.6) is 0 Å². The third-order valence-electron chi connectivity index (χ3n) is 6.36. The van der Waals surface area contributed by atoms with Crippen LogP contribution in [0.15, 0.2) is 24.8 Å². The smallest absolute Gasteiger partial charge is 0.410 e. The molecule has 0 aromatic carbocycles. The number of rotatable bonds is 9. The number of allylic oxidation sites excluding steroid dienone is 1. The van der Waals surface area contributed by atoms with Crippen molar-refractivity contribution < 1.29 is 23.5 Å². The largest absolute Gasteiger partial charge is 0.445 e. The Morgan fingerprint density at radius 2 is 1.97 bits per heavy atom. The summed E-state index contributed by atoms with van der Waals surface area (Å²) in [7, 11) is -1.41. The lowest BCUT2D eigenvalue weighted by atomic mass is 9.64. The lowest BCUT2D eigenvalue weighted by Crippen LogP contribution is -2.70. The van der Waals surface area contributed by atoms with Gasteiger partial charge in [-0.25, -0.2) is 4.79 Å². The van der Waals surface area contributed by atoms with E-state index in [0.29, 0.717) is 6.54 Å². The minimum atomic E-state index is -1.41. The monoisotopic (exact) mass is 450 g/mol. The lowest BCUT2D eigenvalue weighted by Gasteiger charge is -2.54. The maximum Gasteiger partial charge on any atom is 0.410 e. The molecular formula is C23H38N2O5Si. The Bertz CT molecular complexity index is 730. The van der Waals surface area contributed by atoms with Crippen LogP contribution in [-0.2, 0) is 18.8 Å². The lowest BCUT2D eigenvalue weighted by molar-refractivity contribution is -0.159. The van der Waals surface area contributed by atoms with E-state index in [1.54, 1.807) is 11.0 Å². The first kappa shape index (κ1) is 25.3. The van der Waals surface area contributed by atoms with Gasteiger partial charge in [-0.1, -0.05) is 39.5 Å². The van der Waals surface area contributed by atoms with Crippen LogP contribution in [-0.4, -0.2) is 62.6 Å². The van der Waals surface area contributed by atoms with Crippen molar-refractivity contribution in [1.29, 1.82) is 0 Å². The Labute approximate surface area is 187 Å². The quantitative estimate of drug-likeness (QED) is 0.252. The predicted octanol–water partition coefficient (Wildman–Crippen LogP) is 3.21. The van der Waals surface area contributed by atoms with Gasteiger partial charge >= 0.3 is 6.09 Å². The molecule has 7 nitrogen and oxygen atoms in total. The summed E-state index contributed by atoms with van der Waals surface area (Å²) >= 11 is 0. The van der Waals surface area contributed by atoms with E-state index >= 15 is 0 Å². The van der Waals surface area contributed by atoms with Gasteiger partial charge in [0, 0.05) is 13.0 Å². The Morgan fingerprint density at radius 3 is 2.52 bits per heavy atom. The molecule has 2 saturated heterocycles. The minimum absolute atomic E-state index is 0.0548. The summed E-state index contributed by atoms with van der Waals surface area (Å²) in [6.07, 6.45) is 6.34. The van der Waals surface area contributed by atoms with E-state index in [4.69, 9.17) is 9.16 Å². The molecule has 2 aliphatic heterocycles. The molecular weight excluding hydrogens is 412 g/mol. The van der Waals surface area contributed by atoms with Gasteiger partial charge in [0.25, 0.3) is 0 Å². The molecule has 2 aliphatic rings. The number of nitrogens with one attached hydrogen (secondary N) is 1. The molecule has 0 spiro atoms. The number of nitrogens with zero attached hydrogens (tertiary/aromatic N) is 1. The average molecular weight is 451 g/mol. The number of hydrogen-bond donors (Lipinski definition) is 1. The van der Waals surface area contributed by atoms with Crippen molar-refractivity contribution in [3.8, 4) is 0 Å². The SMILES string of the molecule is C=CCOC(=O)N1CCC[C@H]1/C=C/C(=O)C[C@H]1NC(=O)[C@@H]1[C@@](C)(O[SiH](C)C)C(C)(C)C. The highest BCUT2D eigenvalue weighted by Crippen LogP contribution is 2.45. The van der Waals surface area contributed by atoms with Gasteiger partial charge in [0.1, 0.15) is 6.61 Å². The van der Waals surface area contributed by atoms with E-state index in [1.807, 2.05) is 6.92 Å². The fraction of sp³-hybridized carbons (Fsp3) is 0.696. The number of amides is 2. The molecule has 2 rings (SSSR count). The highest BCUT2D eigenvalue weighted by molar-refractivity contribution is 6.48. The number of likely N-dealkylation sites (tertiary alicyclic amines) is 1. The van der Waals surface area contributed by atoms with Crippen LogP contribution in [0, 0.1) is 11.3 Å². The Kier molecular flexibility index (Phi) is 8.27. The third-order valence-corrected chi connectivity index (χ3v) is 7.32. The van der Waals surface area contributed by atoms with Gasteiger partial charge in [0.05, 0.1) is 23.6 Å². The van der Waals surface area contributed by atoms with E-state index in [-0.39, 0.29) is 54.2 Å². The third kappa shape index (κ3) is 5.86. The van der Waals surface area contributed by atoms with Gasteiger partial charge in [-0.15, -0.1) is 0 Å². The maximum atomic E-state index is 12.7. The molecule has 8 heteroatoms. The van der Waals surface area contributed by atoms with Crippen molar-refractivity contribution in [2.75, 3.05) is 13.2 Å². The van der Waals surface area contributed by atoms with E-state index in [0.717, 1.165) is 12.8 Å². The highest BCUT2D eigenvalue weighted by Gasteiger charge is 2.57. The Hall–Kier alpha value is -1.93. The van der Waals surface area contributed by atoms with Gasteiger partial charge in [-0.2, -0.15) is 0 Å². The fourth-order valence-electron chi connectivity index (χ4n) is 4.39. The molecule has 0 radical (unpaired) electrons. The predicted molar refractivity (Wildman–Crippen MR) is 123 cm³/mol. The van der Waals surface area contributed by atoms with E-state index in [9.17, 15) is 14.4 Å². The van der Waals surface area contributed by atoms with Crippen LogP contribution in [0.1, 0.15) is 47.0 Å². The summed E-state index contributed by atoms with van der Waals surface area (Å²) in [5.41, 5.74) is -0.887. The first-order chi connectivity index (χ1) is 14.4. The van der Waals surface area contributed by atoms with Crippen LogP contribution in [0.25, 0.3) is 0 Å². The first-order valence-corrected chi connectivity index (χ1v) is 13.9. The normalized spacial score (nSPS) is 25.8. The van der Waals surface area contributed by atoms with Crippen LogP contribution >= 0.6 is 0 Å². The number of ketones is 1. The summed E-state index contributed by atoms with van der Waals surface area (Å²) < 4.78 is 11.5. The van der Waals surface area contributed by atoms with Gasteiger partial charge in [-0.05, 0) is 44.4 Å². The van der Waals surface area contributed by atoms with Gasteiger partial charge < -0.3 is 19.4 Å². The molecule has 0 saturated carbocycles. The summed E-state index contributed by atoms with van der Waals surface area (Å²) in [5, 5.41) is 2.90. The van der Waals surface area contributed by atoms with Crippen LogP contribution < -0.4 is 5.32 Å². The summed E-state index contributed by atoms with van der Waals surface area (Å²) in [4.78, 5) is 39.0. The topological polar surface area (TPSA) is 84.9 Å². The van der Waals surface area contributed by atoms with Crippen molar-refractivity contribution in [2.45, 2.75) is 77.7 Å². The molecule has 0 aromatic heterocycles. The van der Waals surface area contributed by atoms with Crippen LogP contribution in [0.3, 0.4) is 0 Å². The molecule has 0 aliphatic carbocycles. The van der Waals surface area contributed by atoms with Crippen LogP contribution in [0.4, 0.5) is 4.79 Å². The van der Waals surface area contributed by atoms with Gasteiger partial charge in [0.2, 0.25) is 5.91 Å². The fourth-order valence-corrected chi connectivity index (χ4v) is 5.87. The molecule has 0 unspecified atom stereocenters. The zero-order valence-electron chi connectivity index (χ0n) is 19.8. The standard InChI is InChI=1S/C23H38N2O5Si/c1-8-14-29-21(28)25-13-9-10-16(25)11-12-17(26)15-18-19(20(27)24-18)23(5,22(2,3)4)30-31(6)7/h8,11-12,16,18-19,31H,1,9-10,13-15H2,2-7H3,(H,24,27)/b12-11+/t16-,18+,19+,23+/m0/s1. The molecule has 1 N–H and O–H groups in total. The molecule has 2 heterocycles. The molecule has 31 heavy (non-hydrogen) atoms. The summed E-state index contributed by atoms with van der Waals surface area (Å²) in [6.45, 7) is 16.7. The number of hydrogen-bond acceptors (Lipinski definition) is 5. The van der Waals surface area contributed by atoms with Gasteiger partial charge in [-0.3, -0.25) is 9.59 Å². The second-order valence-electron chi connectivity index (χ2n) is 9.91. The highest BCUT2D eigenvalue weighted by atomic mass is 28.3. The summed E-state index contributed by atoms with van der Waals surface area (Å²) in [5.74, 6) is -0.489. The maximum absolute atomic E-state index is 12.7. The van der Waals surface area contributed by atoms with Crippen molar-refractivity contribution in [3.05, 3.63) is 24.8 Å². The Balaban J connectivity index is 2.03. The molecule has 4 atom stereocenters. The Morgan fingerprint density at radius 1 is 1.29 bits per heavy atom. The van der Waals surface area contributed by atoms with Crippen molar-refractivity contribution in [1.82, 2.24) is 10.2 Å². The van der Waals surface area contributed by atoms with Gasteiger partial charge in [0.15, 0.2) is 14.8 Å². The van der Waals surface area contributed by atoms with E-state index in [2.05, 4.69) is 45.8 Å². The zero-order chi connectivity index (χ0) is 23.4. The molecule has 2 fully saturated rings. The van der Waals surface area contributed by atoms with Crippen molar-refractivity contribution >= 4 is 26.8 Å². The number of carbonyl (C=O) groups excluding carboxylic acids is 3. The first-order valence-electron chi connectivity index (χ1n) is 11.1. The zero-order valence-corrected chi connectivity index (χ0v) is 20.9.